The molecule has 0 saturated carbocycles. The van der Waals surface area contributed by atoms with Crippen LogP contribution >= 0.6 is 0 Å². The lowest BCUT2D eigenvalue weighted by atomic mass is 9.69. The molecular formula is C33H54O3. The number of carbonyl (C=O) groups excluding carboxylic acids is 3. The van der Waals surface area contributed by atoms with E-state index in [0.29, 0.717) is 12.3 Å². The largest absolute Gasteiger partial charge is 0.300 e. The van der Waals surface area contributed by atoms with E-state index in [1.54, 1.807) is 0 Å². The molecule has 0 aliphatic heterocycles. The van der Waals surface area contributed by atoms with Gasteiger partial charge in [-0.25, -0.2) is 0 Å². The van der Waals surface area contributed by atoms with Crippen LogP contribution in [0.25, 0.3) is 0 Å². The molecule has 3 heteroatoms. The van der Waals surface area contributed by atoms with Gasteiger partial charge in [-0.2, -0.15) is 0 Å². The van der Waals surface area contributed by atoms with E-state index in [9.17, 15) is 14.4 Å². The molecule has 0 N–H and O–H groups in total. The molecule has 1 aliphatic rings. The van der Waals surface area contributed by atoms with Crippen molar-refractivity contribution in [1.82, 2.24) is 0 Å². The second kappa shape index (κ2) is 14.2. The molecule has 2 rings (SSSR count). The monoisotopic (exact) mass is 498 g/mol. The van der Waals surface area contributed by atoms with Crippen LogP contribution in [0.5, 0.6) is 0 Å². The highest BCUT2D eigenvalue weighted by molar-refractivity contribution is 6.01. The molecule has 0 radical (unpaired) electrons. The van der Waals surface area contributed by atoms with Crippen molar-refractivity contribution in [2.45, 2.75) is 139 Å². The van der Waals surface area contributed by atoms with Gasteiger partial charge in [-0.1, -0.05) is 87.6 Å². The van der Waals surface area contributed by atoms with Crippen LogP contribution < -0.4 is 0 Å². The minimum Gasteiger partial charge on any atom is -0.300 e. The van der Waals surface area contributed by atoms with Gasteiger partial charge in [0, 0.05) is 17.9 Å². The predicted molar refractivity (Wildman–Crippen MR) is 153 cm³/mol. The SMILES string of the molecule is CCC.CCCC(CC1CC(=O)c2c(C)c(C(C)(C)C)cc(C(C)C)c2C1)C(CC)C(=O)CC(C)=O. The summed E-state index contributed by atoms with van der Waals surface area (Å²) in [5.41, 5.74) is 5.95. The average molecular weight is 499 g/mol. The Morgan fingerprint density at radius 3 is 2.08 bits per heavy atom. The van der Waals surface area contributed by atoms with Gasteiger partial charge in [0.05, 0.1) is 6.42 Å². The van der Waals surface area contributed by atoms with Crippen LogP contribution in [-0.2, 0) is 21.4 Å². The number of benzene rings is 1. The zero-order valence-electron chi connectivity index (χ0n) is 25.3. The minimum atomic E-state index is -0.0834. The van der Waals surface area contributed by atoms with Crippen LogP contribution in [0.1, 0.15) is 153 Å². The van der Waals surface area contributed by atoms with Crippen LogP contribution in [0, 0.1) is 24.7 Å². The van der Waals surface area contributed by atoms with Crippen LogP contribution in [0.3, 0.4) is 0 Å². The quantitative estimate of drug-likeness (QED) is 0.302. The molecule has 36 heavy (non-hydrogen) atoms. The summed E-state index contributed by atoms with van der Waals surface area (Å²) in [5.74, 6) is 1.08. The van der Waals surface area contributed by atoms with Crippen molar-refractivity contribution in [2.24, 2.45) is 17.8 Å². The van der Waals surface area contributed by atoms with Gasteiger partial charge in [-0.3, -0.25) is 14.4 Å². The first-order valence-corrected chi connectivity index (χ1v) is 14.4. The normalized spacial score (nSPS) is 17.2. The maximum absolute atomic E-state index is 13.5. The number of hydrogen-bond acceptors (Lipinski definition) is 3. The van der Waals surface area contributed by atoms with Crippen LogP contribution in [0.15, 0.2) is 6.07 Å². The van der Waals surface area contributed by atoms with Crippen molar-refractivity contribution in [3.8, 4) is 0 Å². The van der Waals surface area contributed by atoms with Crippen molar-refractivity contribution in [3.05, 3.63) is 33.9 Å². The highest BCUT2D eigenvalue weighted by Gasteiger charge is 2.35. The first-order valence-electron chi connectivity index (χ1n) is 14.4. The second-order valence-electron chi connectivity index (χ2n) is 12.4. The summed E-state index contributed by atoms with van der Waals surface area (Å²) in [6, 6.07) is 2.35. The van der Waals surface area contributed by atoms with Gasteiger partial charge in [0.15, 0.2) is 5.78 Å². The number of carbonyl (C=O) groups is 3. The van der Waals surface area contributed by atoms with Crippen molar-refractivity contribution >= 4 is 17.3 Å². The first-order chi connectivity index (χ1) is 16.7. The van der Waals surface area contributed by atoms with Crippen molar-refractivity contribution in [2.75, 3.05) is 0 Å². The van der Waals surface area contributed by atoms with Crippen molar-refractivity contribution < 1.29 is 14.4 Å². The van der Waals surface area contributed by atoms with Gasteiger partial charge in [-0.05, 0) is 78.5 Å². The Kier molecular flexibility index (Phi) is 12.8. The fourth-order valence-electron chi connectivity index (χ4n) is 6.12. The molecule has 1 aromatic rings. The zero-order valence-corrected chi connectivity index (χ0v) is 25.3. The Bertz CT molecular complexity index is 900. The van der Waals surface area contributed by atoms with Crippen molar-refractivity contribution in [3.63, 3.8) is 0 Å². The molecular weight excluding hydrogens is 444 g/mol. The third-order valence-electron chi connectivity index (χ3n) is 7.55. The Morgan fingerprint density at radius 2 is 1.64 bits per heavy atom. The summed E-state index contributed by atoms with van der Waals surface area (Å²) in [4.78, 5) is 37.9. The van der Waals surface area contributed by atoms with E-state index < -0.39 is 0 Å². The fraction of sp³-hybridized carbons (Fsp3) is 0.727. The topological polar surface area (TPSA) is 51.2 Å². The zero-order chi connectivity index (χ0) is 27.8. The lowest BCUT2D eigenvalue weighted by Crippen LogP contribution is -2.31. The molecule has 0 amide bonds. The third kappa shape index (κ3) is 8.38. The average Bonchev–Trinajstić information content (AvgIpc) is 2.73. The summed E-state index contributed by atoms with van der Waals surface area (Å²) < 4.78 is 0. The van der Waals surface area contributed by atoms with Gasteiger partial charge in [0.25, 0.3) is 0 Å². The highest BCUT2D eigenvalue weighted by Crippen LogP contribution is 2.41. The van der Waals surface area contributed by atoms with Crippen molar-refractivity contribution in [1.29, 1.82) is 0 Å². The molecule has 0 fully saturated rings. The summed E-state index contributed by atoms with van der Waals surface area (Å²) in [6.45, 7) is 23.2. The Hall–Kier alpha value is -1.77. The predicted octanol–water partition coefficient (Wildman–Crippen LogP) is 8.96. The first kappa shape index (κ1) is 32.3. The maximum Gasteiger partial charge on any atom is 0.163 e. The smallest absolute Gasteiger partial charge is 0.163 e. The Labute approximate surface area is 222 Å². The molecule has 1 aromatic carbocycles. The van der Waals surface area contributed by atoms with Crippen LogP contribution in [-0.4, -0.2) is 17.3 Å². The molecule has 3 unspecified atom stereocenters. The lowest BCUT2D eigenvalue weighted by molar-refractivity contribution is -0.129. The van der Waals surface area contributed by atoms with E-state index >= 15 is 0 Å². The molecule has 204 valence electrons. The molecule has 0 saturated heterocycles. The number of hydrogen-bond donors (Lipinski definition) is 0. The molecule has 0 aromatic heterocycles. The molecule has 1 aliphatic carbocycles. The molecule has 0 heterocycles. The number of rotatable bonds is 10. The minimum absolute atomic E-state index is 0.00246. The second-order valence-corrected chi connectivity index (χ2v) is 12.4. The van der Waals surface area contributed by atoms with Gasteiger partial charge < -0.3 is 0 Å². The number of fused-ring (bicyclic) bond motifs is 1. The van der Waals surface area contributed by atoms with Crippen LogP contribution in [0.4, 0.5) is 0 Å². The van der Waals surface area contributed by atoms with Gasteiger partial charge in [-0.15, -0.1) is 0 Å². The van der Waals surface area contributed by atoms with E-state index in [0.717, 1.165) is 43.2 Å². The fourth-order valence-corrected chi connectivity index (χ4v) is 6.12. The van der Waals surface area contributed by atoms with Gasteiger partial charge in [0.2, 0.25) is 0 Å². The molecule has 0 spiro atoms. The standard InChI is InChI=1S/C30H46O3.C3H8/c1-10-12-22(23(11-2)27(32)13-19(5)31)14-21-15-25-24(18(3)4)17-26(30(7,8)9)20(6)29(25)28(33)16-21;1-3-2/h17-18,21-23H,10-16H2,1-9H3;3H2,1-2H3. The van der Waals surface area contributed by atoms with E-state index in [-0.39, 0.29) is 46.9 Å². The summed E-state index contributed by atoms with van der Waals surface area (Å²) >= 11 is 0. The third-order valence-corrected chi connectivity index (χ3v) is 7.55. The number of Topliss-reactive ketones (excluding diaryl/α,β-unsaturated/α-hetero) is 3. The molecule has 3 atom stereocenters. The number of ketones is 3. The summed E-state index contributed by atoms with van der Waals surface area (Å²) in [5, 5.41) is 0. The Balaban J connectivity index is 0.00000205. The van der Waals surface area contributed by atoms with E-state index in [2.05, 4.69) is 75.3 Å². The summed E-state index contributed by atoms with van der Waals surface area (Å²) in [7, 11) is 0. The Morgan fingerprint density at radius 1 is 1.06 bits per heavy atom. The van der Waals surface area contributed by atoms with Crippen LogP contribution in [0.2, 0.25) is 0 Å². The summed E-state index contributed by atoms with van der Waals surface area (Å²) in [6.07, 6.45) is 6.40. The highest BCUT2D eigenvalue weighted by atomic mass is 16.1. The molecule has 0 bridgehead atoms. The maximum atomic E-state index is 13.5. The van der Waals surface area contributed by atoms with E-state index in [4.69, 9.17) is 0 Å². The molecule has 3 nitrogen and oxygen atoms in total. The van der Waals surface area contributed by atoms with Gasteiger partial charge in [0.1, 0.15) is 11.6 Å². The lowest BCUT2D eigenvalue weighted by Gasteiger charge is -2.35. The van der Waals surface area contributed by atoms with E-state index in [1.807, 2.05) is 0 Å². The van der Waals surface area contributed by atoms with Gasteiger partial charge >= 0.3 is 0 Å². The van der Waals surface area contributed by atoms with E-state index in [1.165, 1.54) is 30.0 Å².